The maximum atomic E-state index is 10.5. The first-order chi connectivity index (χ1) is 13.9. The third kappa shape index (κ3) is 8.52. The number of aliphatic hydroxyl groups is 1. The topological polar surface area (TPSA) is 51.2 Å². The Morgan fingerprint density at radius 2 is 1.59 bits per heavy atom. The predicted molar refractivity (Wildman–Crippen MR) is 117 cm³/mol. The number of methoxy groups -OCH3 is 2. The van der Waals surface area contributed by atoms with Gasteiger partial charge in [-0.15, -0.1) is 0 Å². The van der Waals surface area contributed by atoms with Crippen molar-refractivity contribution in [1.82, 2.24) is 4.90 Å². The predicted octanol–water partition coefficient (Wildman–Crippen LogP) is 4.65. The summed E-state index contributed by atoms with van der Waals surface area (Å²) in [4.78, 5) is 2.24. The van der Waals surface area contributed by atoms with Crippen molar-refractivity contribution in [2.24, 2.45) is 5.92 Å². The fourth-order valence-electron chi connectivity index (χ4n) is 2.97. The lowest BCUT2D eigenvalue weighted by Crippen LogP contribution is -2.36. The van der Waals surface area contributed by atoms with Crippen LogP contribution in [0.2, 0.25) is 5.02 Å². The van der Waals surface area contributed by atoms with Crippen LogP contribution in [-0.2, 0) is 6.54 Å². The molecule has 5 nitrogen and oxygen atoms in total. The van der Waals surface area contributed by atoms with Crippen LogP contribution < -0.4 is 14.2 Å². The monoisotopic (exact) mass is 421 g/mol. The Balaban J connectivity index is 2.00. The highest BCUT2D eigenvalue weighted by molar-refractivity contribution is 6.30. The van der Waals surface area contributed by atoms with E-state index in [4.69, 9.17) is 25.8 Å². The van der Waals surface area contributed by atoms with E-state index in [0.717, 1.165) is 30.0 Å². The van der Waals surface area contributed by atoms with Crippen LogP contribution in [0.5, 0.6) is 17.2 Å². The molecule has 0 amide bonds. The minimum absolute atomic E-state index is 0.223. The summed E-state index contributed by atoms with van der Waals surface area (Å²) >= 11 is 5.89. The summed E-state index contributed by atoms with van der Waals surface area (Å²) < 4.78 is 16.5. The first kappa shape index (κ1) is 23.3. The van der Waals surface area contributed by atoms with Crippen LogP contribution in [0.4, 0.5) is 0 Å². The van der Waals surface area contributed by atoms with Gasteiger partial charge in [0, 0.05) is 24.2 Å². The third-order valence-electron chi connectivity index (χ3n) is 4.57. The number of rotatable bonds is 12. The Morgan fingerprint density at radius 3 is 2.14 bits per heavy atom. The number of ether oxygens (including phenoxy) is 3. The summed E-state index contributed by atoms with van der Waals surface area (Å²) in [7, 11) is 3.29. The number of nitrogens with zero attached hydrogens (tertiary/aromatic N) is 1. The average Bonchev–Trinajstić information content (AvgIpc) is 2.71. The molecular formula is C23H32ClNO4. The Labute approximate surface area is 179 Å². The molecule has 0 aliphatic heterocycles. The van der Waals surface area contributed by atoms with Crippen LogP contribution in [0.25, 0.3) is 0 Å². The quantitative estimate of drug-likeness (QED) is 0.540. The zero-order chi connectivity index (χ0) is 21.2. The maximum Gasteiger partial charge on any atom is 0.122 e. The van der Waals surface area contributed by atoms with E-state index in [2.05, 4.69) is 18.7 Å². The SMILES string of the molecule is COc1cc(CN(CCC(C)C)CC(O)COc2ccc(Cl)cc2)cc(OC)c1. The minimum atomic E-state index is -0.606. The number of hydrogen-bond donors (Lipinski definition) is 1. The molecule has 0 spiro atoms. The average molecular weight is 422 g/mol. The highest BCUT2D eigenvalue weighted by Gasteiger charge is 2.15. The minimum Gasteiger partial charge on any atom is -0.497 e. The second kappa shape index (κ2) is 11.9. The zero-order valence-corrected chi connectivity index (χ0v) is 18.5. The molecular weight excluding hydrogens is 390 g/mol. The molecule has 1 N–H and O–H groups in total. The Kier molecular flexibility index (Phi) is 9.58. The fourth-order valence-corrected chi connectivity index (χ4v) is 3.09. The van der Waals surface area contributed by atoms with Gasteiger partial charge < -0.3 is 19.3 Å². The summed E-state index contributed by atoms with van der Waals surface area (Å²) in [5, 5.41) is 11.2. The molecule has 0 heterocycles. The van der Waals surface area contributed by atoms with Gasteiger partial charge in [0.15, 0.2) is 0 Å². The van der Waals surface area contributed by atoms with E-state index in [9.17, 15) is 5.11 Å². The largest absolute Gasteiger partial charge is 0.497 e. The number of hydrogen-bond acceptors (Lipinski definition) is 5. The van der Waals surface area contributed by atoms with Crippen LogP contribution in [0.3, 0.4) is 0 Å². The molecule has 2 aromatic carbocycles. The highest BCUT2D eigenvalue weighted by Crippen LogP contribution is 2.24. The zero-order valence-electron chi connectivity index (χ0n) is 17.7. The van der Waals surface area contributed by atoms with Gasteiger partial charge >= 0.3 is 0 Å². The van der Waals surface area contributed by atoms with Gasteiger partial charge in [0.2, 0.25) is 0 Å². The second-order valence-corrected chi connectivity index (χ2v) is 7.99. The van der Waals surface area contributed by atoms with Gasteiger partial charge in [0.05, 0.1) is 14.2 Å². The lowest BCUT2D eigenvalue weighted by atomic mass is 10.1. The summed E-state index contributed by atoms with van der Waals surface area (Å²) in [6, 6.07) is 13.0. The molecule has 0 saturated carbocycles. The number of aliphatic hydroxyl groups excluding tert-OH is 1. The van der Waals surface area contributed by atoms with Crippen molar-refractivity contribution >= 4 is 11.6 Å². The fraction of sp³-hybridized carbons (Fsp3) is 0.478. The molecule has 0 bridgehead atoms. The molecule has 0 aromatic heterocycles. The van der Waals surface area contributed by atoms with Gasteiger partial charge in [0.25, 0.3) is 0 Å². The van der Waals surface area contributed by atoms with Crippen LogP contribution in [0, 0.1) is 5.92 Å². The molecule has 0 fully saturated rings. The normalized spacial score (nSPS) is 12.3. The van der Waals surface area contributed by atoms with Gasteiger partial charge in [0.1, 0.15) is 30.0 Å². The van der Waals surface area contributed by atoms with Gasteiger partial charge in [-0.25, -0.2) is 0 Å². The van der Waals surface area contributed by atoms with Crippen LogP contribution >= 0.6 is 11.6 Å². The molecule has 1 atom stereocenters. The van der Waals surface area contributed by atoms with Crippen LogP contribution in [0.15, 0.2) is 42.5 Å². The van der Waals surface area contributed by atoms with Gasteiger partial charge in [-0.1, -0.05) is 25.4 Å². The summed E-state index contributed by atoms with van der Waals surface area (Å²) in [6.45, 7) is 6.72. The maximum absolute atomic E-state index is 10.5. The van der Waals surface area contributed by atoms with Crippen molar-refractivity contribution in [3.63, 3.8) is 0 Å². The lowest BCUT2D eigenvalue weighted by Gasteiger charge is -2.26. The Morgan fingerprint density at radius 1 is 0.966 bits per heavy atom. The second-order valence-electron chi connectivity index (χ2n) is 7.56. The molecule has 0 radical (unpaired) electrons. The smallest absolute Gasteiger partial charge is 0.122 e. The molecule has 2 rings (SSSR count). The molecule has 160 valence electrons. The highest BCUT2D eigenvalue weighted by atomic mass is 35.5. The van der Waals surface area contributed by atoms with Crippen molar-refractivity contribution in [3.8, 4) is 17.2 Å². The van der Waals surface area contributed by atoms with Gasteiger partial charge in [-0.2, -0.15) is 0 Å². The van der Waals surface area contributed by atoms with Gasteiger partial charge in [-0.05, 0) is 60.8 Å². The van der Waals surface area contributed by atoms with E-state index >= 15 is 0 Å². The Hall–Kier alpha value is -1.95. The van der Waals surface area contributed by atoms with E-state index in [1.807, 2.05) is 18.2 Å². The van der Waals surface area contributed by atoms with E-state index in [-0.39, 0.29) is 6.61 Å². The molecule has 6 heteroatoms. The number of benzene rings is 2. The van der Waals surface area contributed by atoms with Crippen molar-refractivity contribution < 1.29 is 19.3 Å². The first-order valence-electron chi connectivity index (χ1n) is 9.90. The van der Waals surface area contributed by atoms with Crippen molar-refractivity contribution in [1.29, 1.82) is 0 Å². The molecule has 29 heavy (non-hydrogen) atoms. The molecule has 1 unspecified atom stereocenters. The van der Waals surface area contributed by atoms with Crippen molar-refractivity contribution in [2.75, 3.05) is 33.9 Å². The standard InChI is InChI=1S/C23H32ClNO4/c1-17(2)9-10-25(14-18-11-22(27-3)13-23(12-18)28-4)15-20(26)16-29-21-7-5-19(24)6-8-21/h5-8,11-13,17,20,26H,9-10,14-16H2,1-4H3. The van der Waals surface area contributed by atoms with E-state index in [0.29, 0.717) is 29.8 Å². The third-order valence-corrected chi connectivity index (χ3v) is 4.82. The molecule has 0 aliphatic carbocycles. The van der Waals surface area contributed by atoms with Gasteiger partial charge in [-0.3, -0.25) is 4.90 Å². The van der Waals surface area contributed by atoms with Crippen molar-refractivity contribution in [2.45, 2.75) is 32.9 Å². The summed E-state index contributed by atoms with van der Waals surface area (Å²) in [5.41, 5.74) is 1.08. The summed E-state index contributed by atoms with van der Waals surface area (Å²) in [6.07, 6.45) is 0.441. The van der Waals surface area contributed by atoms with E-state index in [1.165, 1.54) is 0 Å². The molecule has 0 saturated heterocycles. The first-order valence-corrected chi connectivity index (χ1v) is 10.3. The number of halogens is 1. The lowest BCUT2D eigenvalue weighted by molar-refractivity contribution is 0.0639. The Bertz CT molecular complexity index is 714. The molecule has 0 aliphatic rings. The van der Waals surface area contributed by atoms with Crippen LogP contribution in [0.1, 0.15) is 25.8 Å². The van der Waals surface area contributed by atoms with Crippen molar-refractivity contribution in [3.05, 3.63) is 53.1 Å². The van der Waals surface area contributed by atoms with E-state index in [1.54, 1.807) is 38.5 Å². The van der Waals surface area contributed by atoms with Crippen LogP contribution in [-0.4, -0.2) is 50.0 Å². The molecule has 2 aromatic rings. The van der Waals surface area contributed by atoms with E-state index < -0.39 is 6.10 Å². The summed E-state index contributed by atoms with van der Waals surface area (Å²) in [5.74, 6) is 2.80.